The van der Waals surface area contributed by atoms with Crippen LogP contribution in [0.5, 0.6) is 0 Å². The van der Waals surface area contributed by atoms with E-state index in [2.05, 4.69) is 21.2 Å². The first kappa shape index (κ1) is 14.8. The van der Waals surface area contributed by atoms with Crippen LogP contribution in [0.3, 0.4) is 0 Å². The zero-order chi connectivity index (χ0) is 13.9. The molecule has 0 unspecified atom stereocenters. The molecule has 96 valence electrons. The van der Waals surface area contributed by atoms with Crippen LogP contribution in [0.15, 0.2) is 16.6 Å². The minimum Gasteiger partial charge on any atom is -0.444 e. The van der Waals surface area contributed by atoms with Gasteiger partial charge in [0.2, 0.25) is 0 Å². The molecule has 0 radical (unpaired) electrons. The Morgan fingerprint density at radius 2 is 2.11 bits per heavy atom. The van der Waals surface area contributed by atoms with E-state index in [4.69, 9.17) is 21.6 Å². The summed E-state index contributed by atoms with van der Waals surface area (Å²) in [5.74, 6) is 0. The van der Waals surface area contributed by atoms with Crippen LogP contribution >= 0.6 is 27.5 Å². The lowest BCUT2D eigenvalue weighted by molar-refractivity contribution is 0.0636. The number of nitrogens with zero attached hydrogens (tertiary/aromatic N) is 1. The van der Waals surface area contributed by atoms with Gasteiger partial charge in [0.25, 0.3) is 0 Å². The molecule has 4 nitrogen and oxygen atoms in total. The topological polar surface area (TPSA) is 62.1 Å². The molecule has 0 spiro atoms. The summed E-state index contributed by atoms with van der Waals surface area (Å²) >= 11 is 9.16. The Morgan fingerprint density at radius 1 is 1.50 bits per heavy atom. The largest absolute Gasteiger partial charge is 0.444 e. The van der Waals surface area contributed by atoms with E-state index in [1.54, 1.807) is 32.9 Å². The Bertz CT molecular complexity index is 518. The van der Waals surface area contributed by atoms with Gasteiger partial charge in [0.15, 0.2) is 0 Å². The number of ether oxygens (including phenoxy) is 1. The summed E-state index contributed by atoms with van der Waals surface area (Å²) in [7, 11) is 0. The van der Waals surface area contributed by atoms with E-state index in [9.17, 15) is 4.79 Å². The van der Waals surface area contributed by atoms with E-state index in [-0.39, 0.29) is 10.6 Å². The second-order valence-electron chi connectivity index (χ2n) is 4.52. The zero-order valence-corrected chi connectivity index (χ0v) is 12.5. The van der Waals surface area contributed by atoms with Crippen LogP contribution in [-0.4, -0.2) is 11.7 Å². The third-order valence-corrected chi connectivity index (χ3v) is 3.12. The average molecular weight is 332 g/mol. The first-order valence-corrected chi connectivity index (χ1v) is 6.30. The van der Waals surface area contributed by atoms with E-state index in [0.717, 1.165) is 0 Å². The van der Waals surface area contributed by atoms with Gasteiger partial charge in [0.05, 0.1) is 16.3 Å². The third-order valence-electron chi connectivity index (χ3n) is 1.84. The first-order chi connectivity index (χ1) is 8.24. The van der Waals surface area contributed by atoms with E-state index in [1.165, 1.54) is 0 Å². The molecule has 0 heterocycles. The van der Waals surface area contributed by atoms with Crippen LogP contribution in [0.4, 0.5) is 10.5 Å². The quantitative estimate of drug-likeness (QED) is 0.833. The van der Waals surface area contributed by atoms with E-state index in [0.29, 0.717) is 10.2 Å². The fourth-order valence-corrected chi connectivity index (χ4v) is 1.72. The number of amides is 1. The average Bonchev–Trinajstić information content (AvgIpc) is 2.21. The molecule has 0 fully saturated rings. The monoisotopic (exact) mass is 330 g/mol. The van der Waals surface area contributed by atoms with Gasteiger partial charge in [-0.25, -0.2) is 4.79 Å². The highest BCUT2D eigenvalue weighted by atomic mass is 79.9. The van der Waals surface area contributed by atoms with Crippen molar-refractivity contribution in [3.63, 3.8) is 0 Å². The van der Waals surface area contributed by atoms with Gasteiger partial charge in [-0.2, -0.15) is 5.26 Å². The number of anilines is 1. The molecular formula is C12H12BrClN2O2. The molecule has 1 N–H and O–H groups in total. The van der Waals surface area contributed by atoms with Crippen LogP contribution in [0.2, 0.25) is 5.02 Å². The van der Waals surface area contributed by atoms with Crippen molar-refractivity contribution in [2.45, 2.75) is 26.4 Å². The molecule has 1 rings (SSSR count). The van der Waals surface area contributed by atoms with Gasteiger partial charge in [-0.15, -0.1) is 0 Å². The lowest BCUT2D eigenvalue weighted by atomic mass is 10.2. The van der Waals surface area contributed by atoms with Crippen LogP contribution < -0.4 is 5.32 Å². The van der Waals surface area contributed by atoms with Gasteiger partial charge in [-0.1, -0.05) is 11.6 Å². The highest BCUT2D eigenvalue weighted by Gasteiger charge is 2.18. The molecule has 0 saturated heterocycles. The van der Waals surface area contributed by atoms with Crippen LogP contribution in [0.25, 0.3) is 0 Å². The summed E-state index contributed by atoms with van der Waals surface area (Å²) in [6.45, 7) is 5.27. The van der Waals surface area contributed by atoms with Crippen molar-refractivity contribution in [1.82, 2.24) is 0 Å². The molecule has 1 aromatic carbocycles. The van der Waals surface area contributed by atoms with Crippen LogP contribution in [-0.2, 0) is 4.74 Å². The Morgan fingerprint density at radius 3 is 2.61 bits per heavy atom. The maximum atomic E-state index is 11.6. The van der Waals surface area contributed by atoms with Crippen molar-refractivity contribution >= 4 is 39.3 Å². The van der Waals surface area contributed by atoms with E-state index in [1.807, 2.05) is 6.07 Å². The molecule has 6 heteroatoms. The minimum atomic E-state index is -0.627. The predicted molar refractivity (Wildman–Crippen MR) is 73.7 cm³/mol. The fourth-order valence-electron chi connectivity index (χ4n) is 1.18. The van der Waals surface area contributed by atoms with Crippen molar-refractivity contribution in [2.75, 3.05) is 5.32 Å². The van der Waals surface area contributed by atoms with Gasteiger partial charge < -0.3 is 4.74 Å². The minimum absolute atomic E-state index is 0.192. The molecule has 0 aliphatic heterocycles. The molecule has 0 aliphatic carbocycles. The van der Waals surface area contributed by atoms with Gasteiger partial charge in [0, 0.05) is 4.47 Å². The molecule has 1 amide bonds. The summed E-state index contributed by atoms with van der Waals surface area (Å²) in [4.78, 5) is 11.6. The standard InChI is InChI=1S/C12H12BrClN2O2/c1-12(2,3)18-11(17)16-9-5-4-8(13)10(14)7(9)6-15/h4-5H,1-3H3,(H,16,17). The molecule has 0 aliphatic rings. The number of nitrogens with one attached hydrogen (secondary N) is 1. The zero-order valence-electron chi connectivity index (χ0n) is 10.2. The maximum absolute atomic E-state index is 11.6. The second-order valence-corrected chi connectivity index (χ2v) is 5.75. The number of carbonyl (C=O) groups excluding carboxylic acids is 1. The smallest absolute Gasteiger partial charge is 0.412 e. The van der Waals surface area contributed by atoms with Crippen LogP contribution in [0, 0.1) is 11.3 Å². The van der Waals surface area contributed by atoms with E-state index >= 15 is 0 Å². The van der Waals surface area contributed by atoms with Crippen molar-refractivity contribution in [3.05, 3.63) is 27.2 Å². The molecule has 0 atom stereocenters. The molecular weight excluding hydrogens is 320 g/mol. The summed E-state index contributed by atoms with van der Waals surface area (Å²) in [6, 6.07) is 5.17. The van der Waals surface area contributed by atoms with Crippen LogP contribution in [0.1, 0.15) is 26.3 Å². The number of rotatable bonds is 1. The Hall–Kier alpha value is -1.25. The molecule has 18 heavy (non-hydrogen) atoms. The number of nitriles is 1. The Labute approximate surface area is 119 Å². The van der Waals surface area contributed by atoms with E-state index < -0.39 is 11.7 Å². The molecule has 0 saturated carbocycles. The summed E-state index contributed by atoms with van der Waals surface area (Å²) in [5.41, 5.74) is -0.0902. The molecule has 1 aromatic rings. The predicted octanol–water partition coefficient (Wildman–Crippen LogP) is 4.32. The lowest BCUT2D eigenvalue weighted by Gasteiger charge is -2.20. The summed E-state index contributed by atoms with van der Waals surface area (Å²) in [5, 5.41) is 11.8. The number of hydrogen-bond acceptors (Lipinski definition) is 3. The number of carbonyl (C=O) groups is 1. The van der Waals surface area contributed by atoms with Crippen molar-refractivity contribution in [3.8, 4) is 6.07 Å². The normalized spacial score (nSPS) is 10.7. The number of halogens is 2. The van der Waals surface area contributed by atoms with Gasteiger partial charge >= 0.3 is 6.09 Å². The summed E-state index contributed by atoms with van der Waals surface area (Å²) < 4.78 is 5.69. The summed E-state index contributed by atoms with van der Waals surface area (Å²) in [6.07, 6.45) is -0.627. The van der Waals surface area contributed by atoms with Gasteiger partial charge in [-0.05, 0) is 48.8 Å². The molecule has 0 bridgehead atoms. The van der Waals surface area contributed by atoms with Gasteiger partial charge in [0.1, 0.15) is 11.7 Å². The number of hydrogen-bond donors (Lipinski definition) is 1. The SMILES string of the molecule is CC(C)(C)OC(=O)Nc1ccc(Br)c(Cl)c1C#N. The van der Waals surface area contributed by atoms with Crippen molar-refractivity contribution < 1.29 is 9.53 Å². The van der Waals surface area contributed by atoms with Crippen molar-refractivity contribution in [1.29, 1.82) is 5.26 Å². The molecule has 0 aromatic heterocycles. The van der Waals surface area contributed by atoms with Crippen molar-refractivity contribution in [2.24, 2.45) is 0 Å². The number of benzene rings is 1. The maximum Gasteiger partial charge on any atom is 0.412 e. The first-order valence-electron chi connectivity index (χ1n) is 5.12. The second kappa shape index (κ2) is 5.59. The van der Waals surface area contributed by atoms with Gasteiger partial charge in [-0.3, -0.25) is 5.32 Å². The Kier molecular flexibility index (Phi) is 4.60. The lowest BCUT2D eigenvalue weighted by Crippen LogP contribution is -2.27. The Balaban J connectivity index is 2.96. The third kappa shape index (κ3) is 3.90. The highest BCUT2D eigenvalue weighted by molar-refractivity contribution is 9.10. The highest BCUT2D eigenvalue weighted by Crippen LogP contribution is 2.31. The fraction of sp³-hybridized carbons (Fsp3) is 0.333.